The second kappa shape index (κ2) is 17.7. The number of nitrogens with one attached hydrogen (secondary N) is 2. The zero-order chi connectivity index (χ0) is 45.3. The van der Waals surface area contributed by atoms with Gasteiger partial charge in [-0.2, -0.15) is 9.97 Å². The lowest BCUT2D eigenvalue weighted by molar-refractivity contribution is 0.113. The maximum atomic E-state index is 15.5. The van der Waals surface area contributed by atoms with E-state index in [1.807, 2.05) is 95.6 Å². The van der Waals surface area contributed by atoms with Gasteiger partial charge in [-0.25, -0.2) is 9.13 Å². The van der Waals surface area contributed by atoms with Crippen molar-refractivity contribution in [2.45, 2.75) is 31.3 Å². The average molecular weight is 879 g/mol. The van der Waals surface area contributed by atoms with E-state index in [9.17, 15) is 15.0 Å². The lowest BCUT2D eigenvalue weighted by Crippen LogP contribution is -2.46. The highest BCUT2D eigenvalue weighted by atomic mass is 16.5. The standard InChI is InChI=1S/C52H46N8O6/c1-66-42-26-25-34(28-36(42)32-57-29-33-27-35(31-57)41-23-14-24-43(61)58(41)30-33)44(45-47(62)55-51(53-37-15-6-2-7-16-37)59(49(45)64)39-19-10-4-11-20-39)46-48(63)56-52(54-38-17-8-3-9-18-38)60(50(46)65)40-21-12-5-13-22-40/h2-26,28,33,35,44,62-63H,27,29-32H2,1H3,(H,53,55)(H,54,56). The Hall–Kier alpha value is -8.23. The van der Waals surface area contributed by atoms with E-state index >= 15 is 9.59 Å². The third kappa shape index (κ3) is 7.98. The number of fused-ring (bicyclic) bond motifs is 4. The maximum absolute atomic E-state index is 15.5. The number of benzene rings is 5. The third-order valence-electron chi connectivity index (χ3n) is 12.4. The zero-order valence-electron chi connectivity index (χ0n) is 36.0. The van der Waals surface area contributed by atoms with Crippen molar-refractivity contribution >= 4 is 23.3 Å². The number of aromatic nitrogens is 5. The van der Waals surface area contributed by atoms with E-state index < -0.39 is 28.8 Å². The molecule has 5 heterocycles. The number of methoxy groups -OCH3 is 1. The Morgan fingerprint density at radius 3 is 1.70 bits per heavy atom. The van der Waals surface area contributed by atoms with Gasteiger partial charge in [0.1, 0.15) is 5.75 Å². The van der Waals surface area contributed by atoms with Crippen LogP contribution in [0, 0.1) is 5.92 Å². The van der Waals surface area contributed by atoms with E-state index in [0.717, 1.165) is 24.2 Å². The van der Waals surface area contributed by atoms with Crippen molar-refractivity contribution in [1.29, 1.82) is 0 Å². The second-order valence-electron chi connectivity index (χ2n) is 16.7. The average Bonchev–Trinajstić information content (AvgIpc) is 3.32. The Morgan fingerprint density at radius 2 is 1.17 bits per heavy atom. The number of para-hydroxylation sites is 4. The van der Waals surface area contributed by atoms with Gasteiger partial charge >= 0.3 is 0 Å². The predicted molar refractivity (Wildman–Crippen MR) is 253 cm³/mol. The minimum atomic E-state index is -1.42. The molecule has 0 radical (unpaired) electrons. The van der Waals surface area contributed by atoms with Gasteiger partial charge in [0, 0.05) is 60.8 Å². The number of pyridine rings is 1. The Morgan fingerprint density at radius 1 is 0.636 bits per heavy atom. The Balaban J connectivity index is 1.18. The molecule has 10 rings (SSSR count). The number of hydrogen-bond donors (Lipinski definition) is 4. The normalized spacial score (nSPS) is 15.5. The minimum Gasteiger partial charge on any atom is -0.496 e. The van der Waals surface area contributed by atoms with Crippen LogP contribution in [0.15, 0.2) is 172 Å². The van der Waals surface area contributed by atoms with Crippen molar-refractivity contribution in [3.8, 4) is 28.9 Å². The topological polar surface area (TPSA) is 169 Å². The summed E-state index contributed by atoms with van der Waals surface area (Å²) in [4.78, 5) is 55.4. The van der Waals surface area contributed by atoms with Crippen LogP contribution in [0.1, 0.15) is 46.2 Å². The molecule has 330 valence electrons. The summed E-state index contributed by atoms with van der Waals surface area (Å²) in [5.74, 6) is -1.69. The fourth-order valence-corrected chi connectivity index (χ4v) is 9.60. The van der Waals surface area contributed by atoms with Gasteiger partial charge in [-0.1, -0.05) is 84.9 Å². The summed E-state index contributed by atoms with van der Waals surface area (Å²) in [6, 6.07) is 46.9. The SMILES string of the molecule is COc1ccc(C(c2c(O)nc(Nc3ccccc3)n(-c3ccccc3)c2=O)c2c(O)nc(Nc3ccccc3)n(-c3ccccc3)c2=O)cc1CN1CC2CC(C1)c1cccc(=O)n1C2. The van der Waals surface area contributed by atoms with Crippen LogP contribution in [-0.2, 0) is 13.1 Å². The van der Waals surface area contributed by atoms with Crippen LogP contribution in [0.4, 0.5) is 23.3 Å². The number of nitrogens with zero attached hydrogens (tertiary/aromatic N) is 6. The number of rotatable bonds is 12. The van der Waals surface area contributed by atoms with Crippen molar-refractivity contribution in [2.75, 3.05) is 30.8 Å². The number of aromatic hydroxyl groups is 2. The fraction of sp³-hybridized carbons (Fsp3) is 0.173. The van der Waals surface area contributed by atoms with Crippen molar-refractivity contribution < 1.29 is 14.9 Å². The Bertz CT molecular complexity index is 3090. The molecule has 2 unspecified atom stereocenters. The summed E-state index contributed by atoms with van der Waals surface area (Å²) in [6.45, 7) is 2.50. The molecule has 14 nitrogen and oxygen atoms in total. The quantitative estimate of drug-likeness (QED) is 0.0952. The van der Waals surface area contributed by atoms with E-state index in [1.54, 1.807) is 73.8 Å². The summed E-state index contributed by atoms with van der Waals surface area (Å²) < 4.78 is 10.5. The van der Waals surface area contributed by atoms with Gasteiger partial charge in [0.05, 0.1) is 35.5 Å². The predicted octanol–water partition coefficient (Wildman–Crippen LogP) is 7.65. The number of piperidine rings is 1. The number of hydrogen-bond acceptors (Lipinski definition) is 11. The lowest BCUT2D eigenvalue weighted by atomic mass is 9.82. The monoisotopic (exact) mass is 878 g/mol. The molecule has 2 bridgehead atoms. The molecule has 2 aliphatic heterocycles. The summed E-state index contributed by atoms with van der Waals surface area (Å²) >= 11 is 0. The molecular weight excluding hydrogens is 833 g/mol. The first-order valence-corrected chi connectivity index (χ1v) is 21.8. The Kier molecular flexibility index (Phi) is 11.2. The molecule has 5 aromatic carbocycles. The molecule has 4 N–H and O–H groups in total. The van der Waals surface area contributed by atoms with Gasteiger partial charge in [-0.3, -0.25) is 19.3 Å². The molecule has 2 aliphatic rings. The molecular formula is C52H46N8O6. The highest BCUT2D eigenvalue weighted by Gasteiger charge is 2.37. The van der Waals surface area contributed by atoms with E-state index in [-0.39, 0.29) is 40.4 Å². The van der Waals surface area contributed by atoms with E-state index in [4.69, 9.17) is 4.74 Å². The molecule has 66 heavy (non-hydrogen) atoms. The van der Waals surface area contributed by atoms with Gasteiger partial charge < -0.3 is 30.2 Å². The molecule has 14 heteroatoms. The number of ether oxygens (including phenoxy) is 1. The van der Waals surface area contributed by atoms with Crippen molar-refractivity contribution in [2.24, 2.45) is 5.92 Å². The summed E-state index contributed by atoms with van der Waals surface area (Å²) in [7, 11) is 1.59. The van der Waals surface area contributed by atoms with Crippen LogP contribution < -0.4 is 32.0 Å². The molecule has 0 saturated carbocycles. The highest BCUT2D eigenvalue weighted by molar-refractivity contribution is 5.61. The molecule has 0 aliphatic carbocycles. The van der Waals surface area contributed by atoms with Crippen molar-refractivity contribution in [1.82, 2.24) is 28.6 Å². The van der Waals surface area contributed by atoms with Crippen LogP contribution in [0.3, 0.4) is 0 Å². The summed E-state index contributed by atoms with van der Waals surface area (Å²) in [5.41, 5.74) is 2.38. The minimum absolute atomic E-state index is 0.0111. The van der Waals surface area contributed by atoms with Gasteiger partial charge in [-0.05, 0) is 84.6 Å². The van der Waals surface area contributed by atoms with Gasteiger partial charge in [0.25, 0.3) is 16.7 Å². The first-order chi connectivity index (χ1) is 32.2. The van der Waals surface area contributed by atoms with E-state index in [1.165, 1.54) is 9.13 Å². The number of likely N-dealkylation sites (tertiary alicyclic amines) is 1. The van der Waals surface area contributed by atoms with Crippen molar-refractivity contribution in [3.63, 3.8) is 0 Å². The third-order valence-corrected chi connectivity index (χ3v) is 12.4. The van der Waals surface area contributed by atoms with Crippen LogP contribution in [-0.4, -0.2) is 59.0 Å². The summed E-state index contributed by atoms with van der Waals surface area (Å²) in [5, 5.41) is 30.8. The lowest BCUT2D eigenvalue weighted by Gasteiger charge is -2.43. The van der Waals surface area contributed by atoms with Crippen LogP contribution >= 0.6 is 0 Å². The van der Waals surface area contributed by atoms with Gasteiger partial charge in [-0.15, -0.1) is 0 Å². The molecule has 3 aromatic heterocycles. The first kappa shape index (κ1) is 41.8. The molecule has 1 fully saturated rings. The second-order valence-corrected chi connectivity index (χ2v) is 16.7. The maximum Gasteiger partial charge on any atom is 0.267 e. The molecule has 8 aromatic rings. The summed E-state index contributed by atoms with van der Waals surface area (Å²) in [6.07, 6.45) is 0.976. The highest BCUT2D eigenvalue weighted by Crippen LogP contribution is 2.41. The van der Waals surface area contributed by atoms with E-state index in [0.29, 0.717) is 53.7 Å². The molecule has 0 spiro atoms. The van der Waals surface area contributed by atoms with Crippen LogP contribution in [0.2, 0.25) is 0 Å². The number of anilines is 4. The van der Waals surface area contributed by atoms with Crippen LogP contribution in [0.5, 0.6) is 17.5 Å². The smallest absolute Gasteiger partial charge is 0.267 e. The Labute approximate surface area is 379 Å². The van der Waals surface area contributed by atoms with E-state index in [2.05, 4.69) is 25.5 Å². The zero-order valence-corrected chi connectivity index (χ0v) is 36.0. The largest absolute Gasteiger partial charge is 0.496 e. The van der Waals surface area contributed by atoms with Crippen LogP contribution in [0.25, 0.3) is 11.4 Å². The first-order valence-electron chi connectivity index (χ1n) is 21.8. The molecule has 1 saturated heterocycles. The van der Waals surface area contributed by atoms with Crippen molar-refractivity contribution in [3.05, 3.63) is 217 Å². The fourth-order valence-electron chi connectivity index (χ4n) is 9.60. The van der Waals surface area contributed by atoms with Gasteiger partial charge in [0.2, 0.25) is 23.7 Å². The van der Waals surface area contributed by atoms with Gasteiger partial charge in [0.15, 0.2) is 0 Å². The molecule has 0 amide bonds. The molecule has 2 atom stereocenters.